The normalized spacial score (nSPS) is 25.1. The van der Waals surface area contributed by atoms with Crippen LogP contribution >= 0.6 is 0 Å². The predicted octanol–water partition coefficient (Wildman–Crippen LogP) is 0.0862. The summed E-state index contributed by atoms with van der Waals surface area (Å²) in [5.41, 5.74) is 6.20. The molecule has 0 aromatic carbocycles. The smallest absolute Gasteiger partial charge is 0.271 e. The second-order valence-corrected chi connectivity index (χ2v) is 3.77. The Balaban J connectivity index is 1.98. The molecule has 1 aromatic rings. The molecule has 2 atom stereocenters. The lowest BCUT2D eigenvalue weighted by molar-refractivity contribution is 0.0929. The van der Waals surface area contributed by atoms with Crippen molar-refractivity contribution in [1.82, 2.24) is 15.3 Å². The maximum absolute atomic E-state index is 11.7. The van der Waals surface area contributed by atoms with Crippen LogP contribution in [0.15, 0.2) is 18.6 Å². The molecule has 0 aliphatic heterocycles. The average Bonchev–Trinajstić information content (AvgIpc) is 2.66. The lowest BCUT2D eigenvalue weighted by atomic mass is 10.2. The zero-order valence-electron chi connectivity index (χ0n) is 8.39. The first-order valence-electron chi connectivity index (χ1n) is 5.10. The Hall–Kier alpha value is -1.49. The minimum Gasteiger partial charge on any atom is -0.346 e. The number of carbonyl (C=O) groups excluding carboxylic acids is 1. The Kier molecular flexibility index (Phi) is 2.91. The number of rotatable bonds is 2. The van der Waals surface area contributed by atoms with E-state index in [1.165, 1.54) is 18.6 Å². The fraction of sp³-hybridized carbons (Fsp3) is 0.500. The van der Waals surface area contributed by atoms with Crippen LogP contribution in [0.3, 0.4) is 0 Å². The van der Waals surface area contributed by atoms with Gasteiger partial charge in [-0.1, -0.05) is 0 Å². The van der Waals surface area contributed by atoms with Gasteiger partial charge in [0.15, 0.2) is 0 Å². The monoisotopic (exact) mass is 206 g/mol. The second-order valence-electron chi connectivity index (χ2n) is 3.77. The van der Waals surface area contributed by atoms with Crippen molar-refractivity contribution in [1.29, 1.82) is 0 Å². The highest BCUT2D eigenvalue weighted by atomic mass is 16.1. The van der Waals surface area contributed by atoms with Crippen LogP contribution in [-0.4, -0.2) is 28.0 Å². The molecule has 1 aliphatic carbocycles. The number of amides is 1. The molecule has 5 nitrogen and oxygen atoms in total. The molecule has 1 aliphatic rings. The largest absolute Gasteiger partial charge is 0.346 e. The zero-order valence-corrected chi connectivity index (χ0v) is 8.39. The SMILES string of the molecule is NC1CCCC1NC(=O)c1cnccn1. The molecular weight excluding hydrogens is 192 g/mol. The van der Waals surface area contributed by atoms with Crippen LogP contribution in [0.4, 0.5) is 0 Å². The summed E-state index contributed by atoms with van der Waals surface area (Å²) >= 11 is 0. The van der Waals surface area contributed by atoms with Crippen molar-refractivity contribution in [2.45, 2.75) is 31.3 Å². The maximum atomic E-state index is 11.7. The first-order chi connectivity index (χ1) is 7.27. The summed E-state index contributed by atoms with van der Waals surface area (Å²) in [6.45, 7) is 0. The van der Waals surface area contributed by atoms with Crippen LogP contribution in [0, 0.1) is 0 Å². The highest BCUT2D eigenvalue weighted by Gasteiger charge is 2.25. The van der Waals surface area contributed by atoms with E-state index >= 15 is 0 Å². The van der Waals surface area contributed by atoms with Crippen molar-refractivity contribution in [2.75, 3.05) is 0 Å². The molecule has 15 heavy (non-hydrogen) atoms. The fourth-order valence-corrected chi connectivity index (χ4v) is 1.83. The summed E-state index contributed by atoms with van der Waals surface area (Å²) in [5, 5.41) is 2.88. The molecule has 80 valence electrons. The van der Waals surface area contributed by atoms with Gasteiger partial charge in [-0.3, -0.25) is 9.78 Å². The number of aromatic nitrogens is 2. The molecule has 5 heteroatoms. The minimum atomic E-state index is -0.189. The lowest BCUT2D eigenvalue weighted by Gasteiger charge is -2.16. The van der Waals surface area contributed by atoms with Gasteiger partial charge in [0.1, 0.15) is 5.69 Å². The topological polar surface area (TPSA) is 80.9 Å². The summed E-state index contributed by atoms with van der Waals surface area (Å²) in [4.78, 5) is 19.5. The van der Waals surface area contributed by atoms with E-state index in [9.17, 15) is 4.79 Å². The summed E-state index contributed by atoms with van der Waals surface area (Å²) in [6.07, 6.45) is 7.50. The van der Waals surface area contributed by atoms with Crippen molar-refractivity contribution in [3.05, 3.63) is 24.3 Å². The number of hydrogen-bond acceptors (Lipinski definition) is 4. The number of nitrogens with two attached hydrogens (primary N) is 1. The summed E-state index contributed by atoms with van der Waals surface area (Å²) < 4.78 is 0. The molecule has 0 radical (unpaired) electrons. The van der Waals surface area contributed by atoms with Crippen LogP contribution < -0.4 is 11.1 Å². The van der Waals surface area contributed by atoms with Gasteiger partial charge in [-0.25, -0.2) is 4.98 Å². The first-order valence-corrected chi connectivity index (χ1v) is 5.10. The van der Waals surface area contributed by atoms with Crippen LogP contribution in [0.25, 0.3) is 0 Å². The van der Waals surface area contributed by atoms with Gasteiger partial charge < -0.3 is 11.1 Å². The Morgan fingerprint density at radius 3 is 2.93 bits per heavy atom. The predicted molar refractivity (Wildman–Crippen MR) is 55.1 cm³/mol. The van der Waals surface area contributed by atoms with E-state index in [-0.39, 0.29) is 18.0 Å². The molecule has 1 saturated carbocycles. The molecule has 1 amide bonds. The number of nitrogens with zero attached hydrogens (tertiary/aromatic N) is 2. The number of hydrogen-bond donors (Lipinski definition) is 2. The lowest BCUT2D eigenvalue weighted by Crippen LogP contribution is -2.44. The minimum absolute atomic E-state index is 0.0746. The third kappa shape index (κ3) is 2.30. The van der Waals surface area contributed by atoms with Crippen LogP contribution in [0.1, 0.15) is 29.8 Å². The summed E-state index contributed by atoms with van der Waals surface area (Å²) in [7, 11) is 0. The van der Waals surface area contributed by atoms with Crippen molar-refractivity contribution in [3.63, 3.8) is 0 Å². The fourth-order valence-electron chi connectivity index (χ4n) is 1.83. The molecule has 1 heterocycles. The van der Waals surface area contributed by atoms with E-state index < -0.39 is 0 Å². The second kappa shape index (κ2) is 4.35. The van der Waals surface area contributed by atoms with Gasteiger partial charge in [-0.2, -0.15) is 0 Å². The van der Waals surface area contributed by atoms with E-state index in [2.05, 4.69) is 15.3 Å². The van der Waals surface area contributed by atoms with Crippen molar-refractivity contribution in [2.24, 2.45) is 5.73 Å². The Bertz CT molecular complexity index is 341. The quantitative estimate of drug-likeness (QED) is 0.718. The van der Waals surface area contributed by atoms with E-state index in [0.29, 0.717) is 5.69 Å². The van der Waals surface area contributed by atoms with E-state index in [0.717, 1.165) is 19.3 Å². The molecule has 2 rings (SSSR count). The Morgan fingerprint density at radius 1 is 1.47 bits per heavy atom. The van der Waals surface area contributed by atoms with Gasteiger partial charge in [0.25, 0.3) is 5.91 Å². The van der Waals surface area contributed by atoms with Crippen molar-refractivity contribution in [3.8, 4) is 0 Å². The number of carbonyl (C=O) groups is 1. The van der Waals surface area contributed by atoms with Gasteiger partial charge >= 0.3 is 0 Å². The number of nitrogens with one attached hydrogen (secondary N) is 1. The average molecular weight is 206 g/mol. The third-order valence-corrected chi connectivity index (χ3v) is 2.68. The molecule has 1 aromatic heterocycles. The van der Waals surface area contributed by atoms with Gasteiger partial charge in [-0.15, -0.1) is 0 Å². The zero-order chi connectivity index (χ0) is 10.7. The van der Waals surface area contributed by atoms with Gasteiger partial charge in [-0.05, 0) is 19.3 Å². The van der Waals surface area contributed by atoms with Crippen molar-refractivity contribution >= 4 is 5.91 Å². The van der Waals surface area contributed by atoms with E-state index in [4.69, 9.17) is 5.73 Å². The molecule has 2 unspecified atom stereocenters. The van der Waals surface area contributed by atoms with Gasteiger partial charge in [0.2, 0.25) is 0 Å². The molecular formula is C10H14N4O. The summed E-state index contributed by atoms with van der Waals surface area (Å²) in [5.74, 6) is -0.189. The Labute approximate surface area is 88.1 Å². The van der Waals surface area contributed by atoms with Crippen LogP contribution in [-0.2, 0) is 0 Å². The molecule has 0 spiro atoms. The molecule has 0 bridgehead atoms. The first kappa shape index (κ1) is 10.0. The van der Waals surface area contributed by atoms with E-state index in [1.807, 2.05) is 0 Å². The third-order valence-electron chi connectivity index (χ3n) is 2.68. The van der Waals surface area contributed by atoms with Gasteiger partial charge in [0, 0.05) is 24.5 Å². The summed E-state index contributed by atoms with van der Waals surface area (Å²) in [6, 6.07) is 0.158. The molecule has 1 fully saturated rings. The standard InChI is InChI=1S/C10H14N4O/c11-7-2-1-3-8(7)14-10(15)9-6-12-4-5-13-9/h4-8H,1-3,11H2,(H,14,15). The molecule has 0 saturated heterocycles. The van der Waals surface area contributed by atoms with Crippen LogP contribution in [0.5, 0.6) is 0 Å². The maximum Gasteiger partial charge on any atom is 0.271 e. The highest BCUT2D eigenvalue weighted by Crippen LogP contribution is 2.17. The van der Waals surface area contributed by atoms with Crippen molar-refractivity contribution < 1.29 is 4.79 Å². The van der Waals surface area contributed by atoms with Gasteiger partial charge in [0.05, 0.1) is 6.20 Å². The molecule has 3 N–H and O–H groups in total. The van der Waals surface area contributed by atoms with E-state index in [1.54, 1.807) is 0 Å². The highest BCUT2D eigenvalue weighted by molar-refractivity contribution is 5.92. The van der Waals surface area contributed by atoms with Crippen LogP contribution in [0.2, 0.25) is 0 Å². The Morgan fingerprint density at radius 2 is 2.33 bits per heavy atom.